The molecule has 2 aromatic heterocycles. The lowest BCUT2D eigenvalue weighted by Crippen LogP contribution is -2.39. The summed E-state index contributed by atoms with van der Waals surface area (Å²) in [6.07, 6.45) is 4.61. The molecule has 0 bridgehead atoms. The van der Waals surface area contributed by atoms with Crippen molar-refractivity contribution in [1.82, 2.24) is 18.7 Å². The van der Waals surface area contributed by atoms with E-state index < -0.39 is 0 Å². The Hall–Kier alpha value is -4.07. The molecule has 0 saturated heterocycles. The Kier molecular flexibility index (Phi) is 5.34. The average Bonchev–Trinajstić information content (AvgIpc) is 3.26. The van der Waals surface area contributed by atoms with Crippen LogP contribution < -0.4 is 20.9 Å². The third-order valence-corrected chi connectivity index (χ3v) is 6.00. The normalized spacial score (nSPS) is 13.6. The van der Waals surface area contributed by atoms with E-state index in [-0.39, 0.29) is 17.8 Å². The molecule has 5 rings (SSSR count). The number of benzene rings is 2. The number of fused-ring (bicyclic) bond motifs is 3. The van der Waals surface area contributed by atoms with Gasteiger partial charge in [-0.1, -0.05) is 42.5 Å². The molecule has 33 heavy (non-hydrogen) atoms. The Morgan fingerprint density at radius 2 is 1.79 bits per heavy atom. The van der Waals surface area contributed by atoms with E-state index in [1.54, 1.807) is 14.2 Å². The quantitative estimate of drug-likeness (QED) is 0.474. The van der Waals surface area contributed by atoms with Crippen LogP contribution in [0.2, 0.25) is 0 Å². The average molecular weight is 444 g/mol. The molecule has 0 saturated carbocycles. The molecule has 0 aliphatic carbocycles. The van der Waals surface area contributed by atoms with Gasteiger partial charge in [-0.3, -0.25) is 13.9 Å². The highest BCUT2D eigenvalue weighted by atomic mass is 16.5. The lowest BCUT2D eigenvalue weighted by atomic mass is 10.2. The van der Waals surface area contributed by atoms with Crippen LogP contribution in [0.25, 0.3) is 17.2 Å². The smallest absolute Gasteiger partial charge is 0.332 e. The molecule has 1 aliphatic rings. The molecule has 0 amide bonds. The lowest BCUT2D eigenvalue weighted by Gasteiger charge is -2.29. The molecule has 0 fully saturated rings. The van der Waals surface area contributed by atoms with Crippen LogP contribution in [0.3, 0.4) is 0 Å². The third kappa shape index (κ3) is 3.63. The van der Waals surface area contributed by atoms with Crippen molar-refractivity contribution in [3.8, 4) is 5.75 Å². The second kappa shape index (κ2) is 8.46. The van der Waals surface area contributed by atoms with Gasteiger partial charge < -0.3 is 14.2 Å². The maximum Gasteiger partial charge on any atom is 0.332 e. The monoisotopic (exact) mass is 443 g/mol. The number of nitrogens with zero attached hydrogens (tertiary/aromatic N) is 5. The first-order valence-electron chi connectivity index (χ1n) is 10.9. The minimum atomic E-state index is -0.378. The number of allylic oxidation sites excluding steroid dienone is 1. The van der Waals surface area contributed by atoms with Crippen LogP contribution in [-0.4, -0.2) is 32.3 Å². The molecule has 0 unspecified atom stereocenters. The van der Waals surface area contributed by atoms with Gasteiger partial charge in [0.2, 0.25) is 5.95 Å². The number of anilines is 2. The van der Waals surface area contributed by atoms with E-state index in [0.717, 1.165) is 30.0 Å². The number of aryl methyl sites for hydroxylation is 2. The van der Waals surface area contributed by atoms with Crippen LogP contribution in [0, 0.1) is 0 Å². The van der Waals surface area contributed by atoms with E-state index in [2.05, 4.69) is 4.90 Å². The summed E-state index contributed by atoms with van der Waals surface area (Å²) in [5, 5.41) is 0. The molecular weight excluding hydrogens is 418 g/mol. The van der Waals surface area contributed by atoms with Crippen LogP contribution in [0.15, 0.2) is 70.3 Å². The van der Waals surface area contributed by atoms with Crippen molar-refractivity contribution >= 4 is 28.9 Å². The van der Waals surface area contributed by atoms with Crippen LogP contribution in [0.4, 0.5) is 11.6 Å². The molecule has 0 spiro atoms. The van der Waals surface area contributed by atoms with Crippen molar-refractivity contribution in [1.29, 1.82) is 0 Å². The highest BCUT2D eigenvalue weighted by Crippen LogP contribution is 2.31. The maximum atomic E-state index is 13.4. The summed E-state index contributed by atoms with van der Waals surface area (Å²) in [5.74, 6) is 1.45. The topological polar surface area (TPSA) is 74.3 Å². The zero-order valence-electron chi connectivity index (χ0n) is 18.6. The number of methoxy groups -OCH3 is 1. The molecule has 0 N–H and O–H groups in total. The molecule has 3 heterocycles. The van der Waals surface area contributed by atoms with Gasteiger partial charge in [0.05, 0.1) is 7.11 Å². The summed E-state index contributed by atoms with van der Waals surface area (Å²) in [5.41, 5.74) is 2.14. The molecule has 0 atom stereocenters. The molecule has 8 heteroatoms. The summed E-state index contributed by atoms with van der Waals surface area (Å²) < 4.78 is 9.93. The van der Waals surface area contributed by atoms with Gasteiger partial charge in [0.1, 0.15) is 5.75 Å². The second-order valence-electron chi connectivity index (χ2n) is 8.01. The predicted octanol–water partition coefficient (Wildman–Crippen LogP) is 3.16. The molecule has 168 valence electrons. The highest BCUT2D eigenvalue weighted by molar-refractivity contribution is 5.77. The highest BCUT2D eigenvalue weighted by Gasteiger charge is 2.26. The summed E-state index contributed by atoms with van der Waals surface area (Å²) in [6, 6.07) is 17.5. The zero-order chi connectivity index (χ0) is 22.9. The van der Waals surface area contributed by atoms with E-state index in [4.69, 9.17) is 9.72 Å². The van der Waals surface area contributed by atoms with Crippen LogP contribution in [0.5, 0.6) is 5.75 Å². The van der Waals surface area contributed by atoms with Crippen LogP contribution >= 0.6 is 0 Å². The minimum Gasteiger partial charge on any atom is -0.497 e. The molecule has 0 radical (unpaired) electrons. The van der Waals surface area contributed by atoms with E-state index in [9.17, 15) is 9.59 Å². The Bertz CT molecular complexity index is 1450. The summed E-state index contributed by atoms with van der Waals surface area (Å²) in [4.78, 5) is 33.2. The Morgan fingerprint density at radius 1 is 1.03 bits per heavy atom. The Morgan fingerprint density at radius 3 is 2.52 bits per heavy atom. The largest absolute Gasteiger partial charge is 0.497 e. The molecule has 2 aromatic carbocycles. The number of rotatable bonds is 5. The van der Waals surface area contributed by atoms with Gasteiger partial charge in [0.25, 0.3) is 5.56 Å². The van der Waals surface area contributed by atoms with Gasteiger partial charge in [-0.2, -0.15) is 4.98 Å². The lowest BCUT2D eigenvalue weighted by molar-refractivity contribution is 0.415. The minimum absolute atomic E-state index is 0.194. The first-order chi connectivity index (χ1) is 16.1. The summed E-state index contributed by atoms with van der Waals surface area (Å²) in [7, 11) is 3.30. The van der Waals surface area contributed by atoms with Gasteiger partial charge in [0.15, 0.2) is 11.2 Å². The molecule has 1 aliphatic heterocycles. The van der Waals surface area contributed by atoms with Crippen molar-refractivity contribution < 1.29 is 4.74 Å². The van der Waals surface area contributed by atoms with Crippen molar-refractivity contribution in [2.75, 3.05) is 18.6 Å². The van der Waals surface area contributed by atoms with Gasteiger partial charge in [-0.05, 0) is 36.2 Å². The zero-order valence-corrected chi connectivity index (χ0v) is 18.6. The van der Waals surface area contributed by atoms with Crippen molar-refractivity contribution in [3.05, 3.63) is 87.1 Å². The molecular formula is C25H25N5O3. The van der Waals surface area contributed by atoms with Gasteiger partial charge in [-0.25, -0.2) is 4.79 Å². The number of aromatic nitrogens is 4. The van der Waals surface area contributed by atoms with E-state index in [0.29, 0.717) is 23.7 Å². The first kappa shape index (κ1) is 20.8. The third-order valence-electron chi connectivity index (χ3n) is 6.00. The fraction of sp³-hybridized carbons (Fsp3) is 0.240. The molecule has 4 aromatic rings. The maximum absolute atomic E-state index is 13.4. The van der Waals surface area contributed by atoms with Crippen LogP contribution in [-0.2, 0) is 20.1 Å². The first-order valence-corrected chi connectivity index (χ1v) is 10.9. The van der Waals surface area contributed by atoms with Crippen LogP contribution in [0.1, 0.15) is 12.0 Å². The Labute approximate surface area is 190 Å². The number of imidazole rings is 1. The fourth-order valence-electron chi connectivity index (χ4n) is 4.29. The van der Waals surface area contributed by atoms with Gasteiger partial charge in [0, 0.05) is 32.4 Å². The number of hydrogen-bond donors (Lipinski definition) is 0. The Balaban J connectivity index is 1.58. The van der Waals surface area contributed by atoms with Crippen molar-refractivity contribution in [2.45, 2.75) is 19.5 Å². The van der Waals surface area contributed by atoms with E-state index in [1.165, 1.54) is 9.13 Å². The fourth-order valence-corrected chi connectivity index (χ4v) is 4.29. The number of ether oxygens (including phenoxy) is 1. The summed E-state index contributed by atoms with van der Waals surface area (Å²) >= 11 is 0. The molecule has 8 nitrogen and oxygen atoms in total. The van der Waals surface area contributed by atoms with E-state index in [1.807, 2.05) is 71.3 Å². The van der Waals surface area contributed by atoms with E-state index >= 15 is 0 Å². The van der Waals surface area contributed by atoms with Gasteiger partial charge >= 0.3 is 5.69 Å². The van der Waals surface area contributed by atoms with Gasteiger partial charge in [-0.15, -0.1) is 0 Å². The second-order valence-corrected chi connectivity index (χ2v) is 8.01. The predicted molar refractivity (Wildman–Crippen MR) is 129 cm³/mol. The summed E-state index contributed by atoms with van der Waals surface area (Å²) in [6.45, 7) is 1.64. The standard InChI is InChI=1S/C25H25N5O3/c1-27-22-21(23(31)30(25(27)32)15-6-10-18-8-4-3-5-9-18)29-17-7-16-28(24(29)26-22)19-11-13-20(33-2)14-12-19/h3-6,8-14H,7,15-17H2,1-2H3/b10-6+. The van der Waals surface area contributed by atoms with Crippen molar-refractivity contribution in [3.63, 3.8) is 0 Å². The SMILES string of the molecule is COc1ccc(N2CCCn3c2nc2c3c(=O)n(C/C=C/c3ccccc3)c(=O)n2C)cc1. The number of hydrogen-bond acceptors (Lipinski definition) is 5. The van der Waals surface area contributed by atoms with Crippen molar-refractivity contribution in [2.24, 2.45) is 7.05 Å².